The Morgan fingerprint density at radius 3 is 2.50 bits per heavy atom. The number of amides is 2. The maximum absolute atomic E-state index is 13.0. The second kappa shape index (κ2) is 12.5. The highest BCUT2D eigenvalue weighted by Crippen LogP contribution is 2.69. The summed E-state index contributed by atoms with van der Waals surface area (Å²) < 4.78 is 33.4. The van der Waals surface area contributed by atoms with E-state index in [0.29, 0.717) is 58.9 Å². The molecule has 4 aliphatic rings. The van der Waals surface area contributed by atoms with Crippen LogP contribution in [0.5, 0.6) is 0 Å². The molecular formula is C36H53N3O6S. The number of rotatable bonds is 8. The second-order valence-corrected chi connectivity index (χ2v) is 17.3. The lowest BCUT2D eigenvalue weighted by Gasteiger charge is -2.64. The van der Waals surface area contributed by atoms with Gasteiger partial charge in [-0.2, -0.15) is 0 Å². The van der Waals surface area contributed by atoms with Crippen molar-refractivity contribution in [2.24, 2.45) is 52.3 Å². The highest BCUT2D eigenvalue weighted by molar-refractivity contribution is 7.90. The molecule has 4 aliphatic carbocycles. The van der Waals surface area contributed by atoms with Gasteiger partial charge >= 0.3 is 6.03 Å². The van der Waals surface area contributed by atoms with Gasteiger partial charge in [0.2, 0.25) is 0 Å². The molecule has 0 radical (unpaired) electrons. The van der Waals surface area contributed by atoms with E-state index >= 15 is 0 Å². The van der Waals surface area contributed by atoms with E-state index in [1.54, 1.807) is 25.1 Å². The van der Waals surface area contributed by atoms with Gasteiger partial charge in [0.05, 0.1) is 23.3 Å². The van der Waals surface area contributed by atoms with Crippen LogP contribution in [-0.4, -0.2) is 48.6 Å². The number of aromatic nitrogens is 1. The molecule has 2 amide bonds. The molecule has 0 spiro atoms. The van der Waals surface area contributed by atoms with Gasteiger partial charge in [-0.1, -0.05) is 39.3 Å². The summed E-state index contributed by atoms with van der Waals surface area (Å²) in [7, 11) is -4.05. The first kappa shape index (κ1) is 33.5. The Balaban J connectivity index is 1.07. The summed E-state index contributed by atoms with van der Waals surface area (Å²) in [6.45, 7) is 11.5. The lowest BCUT2D eigenvalue weighted by molar-refractivity contribution is -0.203. The molecule has 0 unspecified atom stereocenters. The van der Waals surface area contributed by atoms with E-state index in [2.05, 4.69) is 42.9 Å². The molecule has 46 heavy (non-hydrogen) atoms. The van der Waals surface area contributed by atoms with Crippen molar-refractivity contribution in [3.05, 3.63) is 36.0 Å². The van der Waals surface area contributed by atoms with Crippen LogP contribution in [-0.2, 0) is 10.0 Å². The monoisotopic (exact) mass is 655 g/mol. The van der Waals surface area contributed by atoms with E-state index in [0.717, 1.165) is 57.8 Å². The number of aryl methyl sites for hydroxylation is 1. The molecule has 11 atom stereocenters. The number of aliphatic hydroxyl groups is 2. The number of carbonyl (C=O) groups excluding carboxylic acids is 1. The van der Waals surface area contributed by atoms with Gasteiger partial charge < -0.3 is 20.1 Å². The van der Waals surface area contributed by atoms with Gasteiger partial charge in [0.25, 0.3) is 10.0 Å². The summed E-state index contributed by atoms with van der Waals surface area (Å²) in [5, 5.41) is 29.0. The normalized spacial score (nSPS) is 37.9. The Hall–Kier alpha value is -2.43. The SMILES string of the molecule is CC[C@H]1[C@@H](O)[C@@H]2[C@H](CC[C@]3(C)[C@@H]([C@H](C)CCNC(=O)NS(=O)(=O)c4ccc(-c5ccno5)cc4C)CC[C@@H]23)[C@@]2(C)CC[C@@H](O)C[C@@H]12. The highest BCUT2D eigenvalue weighted by atomic mass is 32.2. The molecule has 2 aromatic rings. The predicted molar refractivity (Wildman–Crippen MR) is 176 cm³/mol. The van der Waals surface area contributed by atoms with E-state index in [-0.39, 0.29) is 33.9 Å². The predicted octanol–water partition coefficient (Wildman–Crippen LogP) is 6.29. The molecule has 1 aromatic heterocycles. The zero-order valence-electron chi connectivity index (χ0n) is 28.0. The number of hydrogen-bond acceptors (Lipinski definition) is 7. The van der Waals surface area contributed by atoms with E-state index in [1.807, 2.05) is 0 Å². The molecule has 4 N–H and O–H groups in total. The van der Waals surface area contributed by atoms with Crippen LogP contribution in [0.4, 0.5) is 4.79 Å². The average molecular weight is 656 g/mol. The smallest absolute Gasteiger partial charge is 0.328 e. The molecule has 0 aliphatic heterocycles. The minimum absolute atomic E-state index is 0.0413. The number of hydrogen-bond donors (Lipinski definition) is 4. The van der Waals surface area contributed by atoms with Gasteiger partial charge in [0.1, 0.15) is 0 Å². The van der Waals surface area contributed by atoms with Crippen molar-refractivity contribution in [2.75, 3.05) is 6.54 Å². The number of urea groups is 1. The number of aliphatic hydroxyl groups excluding tert-OH is 2. The zero-order valence-corrected chi connectivity index (χ0v) is 28.9. The summed E-state index contributed by atoms with van der Waals surface area (Å²) in [4.78, 5) is 12.8. The number of sulfonamides is 1. The van der Waals surface area contributed by atoms with Gasteiger partial charge in [0.15, 0.2) is 5.76 Å². The van der Waals surface area contributed by atoms with Crippen LogP contribution in [0.25, 0.3) is 11.3 Å². The molecule has 4 fully saturated rings. The molecule has 0 saturated heterocycles. The number of carbonyl (C=O) groups is 1. The van der Waals surface area contributed by atoms with Gasteiger partial charge in [-0.3, -0.25) is 0 Å². The van der Waals surface area contributed by atoms with Crippen molar-refractivity contribution in [1.82, 2.24) is 15.2 Å². The van der Waals surface area contributed by atoms with Crippen LogP contribution in [0.3, 0.4) is 0 Å². The Labute approximate surface area is 274 Å². The van der Waals surface area contributed by atoms with Crippen molar-refractivity contribution in [2.45, 2.75) is 110 Å². The van der Waals surface area contributed by atoms with Crippen LogP contribution >= 0.6 is 0 Å². The third kappa shape index (κ3) is 5.70. The van der Waals surface area contributed by atoms with E-state index < -0.39 is 16.1 Å². The molecular weight excluding hydrogens is 602 g/mol. The largest absolute Gasteiger partial charge is 0.393 e. The summed E-state index contributed by atoms with van der Waals surface area (Å²) in [5.74, 6) is 3.30. The fourth-order valence-corrected chi connectivity index (χ4v) is 12.4. The summed E-state index contributed by atoms with van der Waals surface area (Å²) in [5.41, 5.74) is 1.53. The summed E-state index contributed by atoms with van der Waals surface area (Å²) >= 11 is 0. The lowest BCUT2D eigenvalue weighted by Crippen LogP contribution is -2.62. The maximum atomic E-state index is 13.0. The summed E-state index contributed by atoms with van der Waals surface area (Å²) in [6, 6.07) is 5.79. The fourth-order valence-electron chi connectivity index (χ4n) is 11.2. The van der Waals surface area contributed by atoms with Crippen LogP contribution < -0.4 is 10.0 Å². The minimum Gasteiger partial charge on any atom is -0.393 e. The Morgan fingerprint density at radius 2 is 1.80 bits per heavy atom. The van der Waals surface area contributed by atoms with Gasteiger partial charge in [0, 0.05) is 18.2 Å². The third-order valence-corrected chi connectivity index (χ3v) is 14.9. The van der Waals surface area contributed by atoms with E-state index in [1.165, 1.54) is 12.3 Å². The number of benzene rings is 1. The molecule has 1 heterocycles. The first-order chi connectivity index (χ1) is 21.8. The average Bonchev–Trinajstić information content (AvgIpc) is 3.66. The van der Waals surface area contributed by atoms with Crippen molar-refractivity contribution in [1.29, 1.82) is 0 Å². The molecule has 1 aromatic carbocycles. The second-order valence-electron chi connectivity index (χ2n) is 15.6. The van der Waals surface area contributed by atoms with Crippen LogP contribution in [0.15, 0.2) is 39.9 Å². The third-order valence-electron chi connectivity index (χ3n) is 13.4. The first-order valence-electron chi connectivity index (χ1n) is 17.5. The molecule has 254 valence electrons. The van der Waals surface area contributed by atoms with Gasteiger partial charge in [-0.15, -0.1) is 0 Å². The molecule has 4 saturated carbocycles. The van der Waals surface area contributed by atoms with E-state index in [4.69, 9.17) is 4.52 Å². The standard InChI is InChI=1S/C36H53N3O6S/c1-6-25-29-20-24(40)11-15-36(29,5)28-12-16-35(4)26(8-9-27(35)32(28)33(25)41)21(2)13-17-37-34(42)39-46(43,44)31-10-7-23(19-22(31)3)30-14-18-38-45-30/h7,10,14,18-19,21,24-29,32-33,40-41H,6,8-9,11-13,15-17,20H2,1-5H3,(H2,37,39,42)/t21-,24-,25-,26-,27+,28+,29+,32+,33-,35-,36-/m1/s1. The molecule has 6 rings (SSSR count). The topological polar surface area (TPSA) is 142 Å². The van der Waals surface area contributed by atoms with Crippen LogP contribution in [0, 0.1) is 59.2 Å². The maximum Gasteiger partial charge on any atom is 0.328 e. The van der Waals surface area contributed by atoms with Crippen molar-refractivity contribution in [3.63, 3.8) is 0 Å². The quantitative estimate of drug-likeness (QED) is 0.262. The number of nitrogens with one attached hydrogen (secondary N) is 2. The first-order valence-corrected chi connectivity index (χ1v) is 19.0. The van der Waals surface area contributed by atoms with Crippen LogP contribution in [0.2, 0.25) is 0 Å². The number of nitrogens with zero attached hydrogens (tertiary/aromatic N) is 1. The van der Waals surface area contributed by atoms with Crippen molar-refractivity contribution < 1.29 is 27.9 Å². The Bertz CT molecular complexity index is 1510. The Morgan fingerprint density at radius 1 is 1.07 bits per heavy atom. The van der Waals surface area contributed by atoms with Crippen molar-refractivity contribution >= 4 is 16.1 Å². The van der Waals surface area contributed by atoms with Gasteiger partial charge in [-0.05, 0) is 134 Å². The Kier molecular flexibility index (Phi) is 9.13. The van der Waals surface area contributed by atoms with Gasteiger partial charge in [-0.25, -0.2) is 17.9 Å². The molecule has 9 nitrogen and oxygen atoms in total. The van der Waals surface area contributed by atoms with Crippen molar-refractivity contribution in [3.8, 4) is 11.3 Å². The minimum atomic E-state index is -4.05. The molecule has 10 heteroatoms. The molecule has 0 bridgehead atoms. The van der Waals surface area contributed by atoms with Crippen LogP contribution in [0.1, 0.15) is 91.0 Å². The lowest BCUT2D eigenvalue weighted by atomic mass is 9.41. The van der Waals surface area contributed by atoms with E-state index in [9.17, 15) is 23.4 Å². The summed E-state index contributed by atoms with van der Waals surface area (Å²) in [6.07, 6.45) is 10.00. The zero-order chi connectivity index (χ0) is 33.0. The number of fused-ring (bicyclic) bond motifs is 5. The highest BCUT2D eigenvalue weighted by Gasteiger charge is 2.64. The fraction of sp³-hybridized carbons (Fsp3) is 0.722.